The van der Waals surface area contributed by atoms with Crippen molar-refractivity contribution in [3.05, 3.63) is 48.0 Å². The maximum atomic E-state index is 12.7. The topological polar surface area (TPSA) is 80.3 Å². The van der Waals surface area contributed by atoms with Crippen molar-refractivity contribution in [1.29, 1.82) is 0 Å². The number of carbonyl (C=O) groups is 2. The van der Waals surface area contributed by atoms with Crippen molar-refractivity contribution < 1.29 is 23.8 Å². The Balaban J connectivity index is 1.50. The van der Waals surface area contributed by atoms with Crippen LogP contribution in [-0.4, -0.2) is 64.3 Å². The molecule has 0 aliphatic carbocycles. The predicted octanol–water partition coefficient (Wildman–Crippen LogP) is 2.31. The molecule has 0 bridgehead atoms. The van der Waals surface area contributed by atoms with Crippen LogP contribution in [0.5, 0.6) is 17.2 Å². The number of para-hydroxylation sites is 2. The number of carbonyl (C=O) groups excluding carboxylic acids is 2. The molecule has 3 rings (SSSR count). The van der Waals surface area contributed by atoms with Crippen molar-refractivity contribution in [1.82, 2.24) is 10.2 Å². The minimum absolute atomic E-state index is 0.0242. The largest absolute Gasteiger partial charge is 0.495 e. The second-order valence-corrected chi connectivity index (χ2v) is 6.82. The van der Waals surface area contributed by atoms with E-state index in [0.29, 0.717) is 49.0 Å². The highest BCUT2D eigenvalue weighted by molar-refractivity contribution is 5.97. The summed E-state index contributed by atoms with van der Waals surface area (Å²) in [5.41, 5.74) is 1.73. The van der Waals surface area contributed by atoms with Crippen LogP contribution >= 0.6 is 0 Å². The Kier molecular flexibility index (Phi) is 7.00. The first-order valence-electron chi connectivity index (χ1n) is 9.74. The molecule has 0 unspecified atom stereocenters. The molecule has 1 N–H and O–H groups in total. The van der Waals surface area contributed by atoms with Gasteiger partial charge in [-0.3, -0.25) is 9.69 Å². The molecule has 1 heterocycles. The molecule has 0 saturated carbocycles. The highest BCUT2D eigenvalue weighted by Crippen LogP contribution is 2.30. The molecular weight excluding hydrogens is 386 g/mol. The van der Waals surface area contributed by atoms with Crippen molar-refractivity contribution in [3.8, 4) is 17.2 Å². The zero-order valence-corrected chi connectivity index (χ0v) is 17.5. The van der Waals surface area contributed by atoms with E-state index in [4.69, 9.17) is 14.2 Å². The van der Waals surface area contributed by atoms with Crippen molar-refractivity contribution in [2.24, 2.45) is 0 Å². The summed E-state index contributed by atoms with van der Waals surface area (Å²) in [7, 11) is 4.75. The van der Waals surface area contributed by atoms with Crippen LogP contribution in [0.3, 0.4) is 0 Å². The van der Waals surface area contributed by atoms with Crippen LogP contribution in [0.15, 0.2) is 42.5 Å². The smallest absolute Gasteiger partial charge is 0.325 e. The van der Waals surface area contributed by atoms with Gasteiger partial charge in [0, 0.05) is 19.6 Å². The van der Waals surface area contributed by atoms with Gasteiger partial charge in [-0.15, -0.1) is 0 Å². The van der Waals surface area contributed by atoms with Gasteiger partial charge in [-0.2, -0.15) is 0 Å². The number of rotatable bonds is 9. The number of methoxy groups -OCH3 is 3. The molecule has 1 aliphatic heterocycles. The van der Waals surface area contributed by atoms with Gasteiger partial charge in [-0.25, -0.2) is 4.79 Å². The van der Waals surface area contributed by atoms with Crippen LogP contribution in [0, 0.1) is 0 Å². The number of hydrogen-bond donors (Lipinski definition) is 1. The summed E-state index contributed by atoms with van der Waals surface area (Å²) >= 11 is 0. The summed E-state index contributed by atoms with van der Waals surface area (Å²) in [6.07, 6.45) is 0.646. The molecule has 30 heavy (non-hydrogen) atoms. The fraction of sp³-hybridized carbons (Fsp3) is 0.364. The molecule has 0 aromatic heterocycles. The van der Waals surface area contributed by atoms with E-state index in [0.717, 1.165) is 5.56 Å². The maximum absolute atomic E-state index is 12.7. The third kappa shape index (κ3) is 4.76. The van der Waals surface area contributed by atoms with E-state index >= 15 is 0 Å². The van der Waals surface area contributed by atoms with Gasteiger partial charge in [-0.05, 0) is 36.2 Å². The van der Waals surface area contributed by atoms with Gasteiger partial charge in [0.25, 0.3) is 0 Å². The van der Waals surface area contributed by atoms with E-state index in [2.05, 4.69) is 5.32 Å². The lowest BCUT2D eigenvalue weighted by Crippen LogP contribution is -2.40. The Morgan fingerprint density at radius 2 is 1.70 bits per heavy atom. The lowest BCUT2D eigenvalue weighted by Gasteiger charge is -2.20. The Morgan fingerprint density at radius 1 is 0.967 bits per heavy atom. The fourth-order valence-corrected chi connectivity index (χ4v) is 3.42. The second kappa shape index (κ2) is 9.87. The van der Waals surface area contributed by atoms with Crippen molar-refractivity contribution in [2.45, 2.75) is 6.42 Å². The van der Waals surface area contributed by atoms with Crippen LogP contribution < -0.4 is 24.4 Å². The summed E-state index contributed by atoms with van der Waals surface area (Å²) in [6, 6.07) is 12.8. The Hall–Kier alpha value is -3.42. The van der Waals surface area contributed by atoms with Gasteiger partial charge in [-0.1, -0.05) is 18.2 Å². The summed E-state index contributed by atoms with van der Waals surface area (Å²) in [6.45, 7) is 1.49. The Morgan fingerprint density at radius 3 is 2.43 bits per heavy atom. The molecule has 0 radical (unpaired) electrons. The van der Waals surface area contributed by atoms with E-state index < -0.39 is 0 Å². The average Bonchev–Trinajstić information content (AvgIpc) is 3.13. The van der Waals surface area contributed by atoms with Gasteiger partial charge in [0.1, 0.15) is 12.3 Å². The average molecular weight is 413 g/mol. The molecule has 1 fully saturated rings. The first-order chi connectivity index (χ1) is 14.6. The van der Waals surface area contributed by atoms with Gasteiger partial charge < -0.3 is 24.4 Å². The van der Waals surface area contributed by atoms with Gasteiger partial charge >= 0.3 is 6.03 Å². The molecule has 1 aliphatic rings. The Labute approximate surface area is 176 Å². The van der Waals surface area contributed by atoms with Crippen LogP contribution in [0.2, 0.25) is 0 Å². The highest BCUT2D eigenvalue weighted by Gasteiger charge is 2.32. The highest BCUT2D eigenvalue weighted by atomic mass is 16.5. The van der Waals surface area contributed by atoms with Crippen LogP contribution in [0.1, 0.15) is 5.56 Å². The molecule has 0 atom stereocenters. The van der Waals surface area contributed by atoms with Crippen molar-refractivity contribution in [3.63, 3.8) is 0 Å². The number of benzene rings is 2. The SMILES string of the molecule is COc1ccc(CCNC(=O)CN2CCN(c3ccccc3OC)C2=O)cc1OC. The van der Waals surface area contributed by atoms with Crippen LogP contribution in [0.4, 0.5) is 10.5 Å². The minimum atomic E-state index is -0.199. The molecule has 2 aromatic carbocycles. The monoisotopic (exact) mass is 413 g/mol. The normalized spacial score (nSPS) is 13.4. The maximum Gasteiger partial charge on any atom is 0.325 e. The Bertz CT molecular complexity index is 902. The van der Waals surface area contributed by atoms with Crippen molar-refractivity contribution in [2.75, 3.05) is 52.4 Å². The second-order valence-electron chi connectivity index (χ2n) is 6.82. The van der Waals surface area contributed by atoms with E-state index in [-0.39, 0.29) is 18.5 Å². The molecule has 3 amide bonds. The fourth-order valence-electron chi connectivity index (χ4n) is 3.42. The van der Waals surface area contributed by atoms with Gasteiger partial charge in [0.2, 0.25) is 5.91 Å². The number of nitrogens with one attached hydrogen (secondary N) is 1. The molecule has 0 spiro atoms. The summed E-state index contributed by atoms with van der Waals surface area (Å²) in [5.74, 6) is 1.76. The van der Waals surface area contributed by atoms with E-state index in [1.165, 1.54) is 4.90 Å². The number of amides is 3. The van der Waals surface area contributed by atoms with E-state index in [9.17, 15) is 9.59 Å². The summed E-state index contributed by atoms with van der Waals surface area (Å²) in [5, 5.41) is 2.87. The zero-order chi connectivity index (χ0) is 21.5. The molecule has 2 aromatic rings. The first kappa shape index (κ1) is 21.3. The van der Waals surface area contributed by atoms with Gasteiger partial charge in [0.05, 0.1) is 27.0 Å². The first-order valence-corrected chi connectivity index (χ1v) is 9.74. The lowest BCUT2D eigenvalue weighted by atomic mass is 10.1. The molecule has 160 valence electrons. The number of hydrogen-bond acceptors (Lipinski definition) is 5. The van der Waals surface area contributed by atoms with E-state index in [1.54, 1.807) is 26.2 Å². The number of nitrogens with zero attached hydrogens (tertiary/aromatic N) is 2. The molecule has 8 heteroatoms. The zero-order valence-electron chi connectivity index (χ0n) is 17.5. The number of ether oxygens (including phenoxy) is 3. The molecule has 1 saturated heterocycles. The predicted molar refractivity (Wildman–Crippen MR) is 114 cm³/mol. The summed E-state index contributed by atoms with van der Waals surface area (Å²) < 4.78 is 15.9. The summed E-state index contributed by atoms with van der Waals surface area (Å²) in [4.78, 5) is 28.2. The number of urea groups is 1. The quantitative estimate of drug-likeness (QED) is 0.682. The molecular formula is C22H27N3O5. The third-order valence-electron chi connectivity index (χ3n) is 4.99. The molecule has 8 nitrogen and oxygen atoms in total. The minimum Gasteiger partial charge on any atom is -0.495 e. The van der Waals surface area contributed by atoms with E-state index in [1.807, 2.05) is 42.5 Å². The van der Waals surface area contributed by atoms with Crippen LogP contribution in [0.25, 0.3) is 0 Å². The van der Waals surface area contributed by atoms with Crippen molar-refractivity contribution >= 4 is 17.6 Å². The van der Waals surface area contributed by atoms with Gasteiger partial charge in [0.15, 0.2) is 11.5 Å². The van der Waals surface area contributed by atoms with Crippen LogP contribution in [-0.2, 0) is 11.2 Å². The number of anilines is 1. The third-order valence-corrected chi connectivity index (χ3v) is 4.99. The lowest BCUT2D eigenvalue weighted by molar-refractivity contribution is -0.121. The standard InChI is InChI=1S/C22H27N3O5/c1-28-18-7-5-4-6-17(18)25-13-12-24(22(25)27)15-21(26)23-11-10-16-8-9-19(29-2)20(14-16)30-3/h4-9,14H,10-13,15H2,1-3H3,(H,23,26).